The fraction of sp³-hybridized carbons (Fsp3) is 0.952. The van der Waals surface area contributed by atoms with Crippen LogP contribution in [0, 0.1) is 50.2 Å². The van der Waals surface area contributed by atoms with Crippen molar-refractivity contribution < 1.29 is 104 Å². The highest BCUT2D eigenvalue weighted by molar-refractivity contribution is 5.66. The lowest BCUT2D eigenvalue weighted by Crippen LogP contribution is -2.72. The van der Waals surface area contributed by atoms with Crippen molar-refractivity contribution in [1.82, 2.24) is 0 Å². The zero-order chi connectivity index (χ0) is 62.2. The van der Waals surface area contributed by atoms with Gasteiger partial charge in [0.1, 0.15) is 61.0 Å². The first kappa shape index (κ1) is 69.3. The molecule has 0 aromatic carbocycles. The molecule has 7 fully saturated rings. The van der Waals surface area contributed by atoms with Gasteiger partial charge in [-0.25, -0.2) is 0 Å². The molecule has 0 aromatic heterocycles. The molecule has 0 spiro atoms. The van der Waals surface area contributed by atoms with E-state index in [0.29, 0.717) is 25.6 Å². The highest BCUT2D eigenvalue weighted by Crippen LogP contribution is 2.76. The molecule has 3 saturated heterocycles. The van der Waals surface area contributed by atoms with E-state index in [0.717, 1.165) is 38.5 Å². The predicted molar refractivity (Wildman–Crippen MR) is 307 cm³/mol. The van der Waals surface area contributed by atoms with Gasteiger partial charge >= 0.3 is 5.97 Å². The summed E-state index contributed by atoms with van der Waals surface area (Å²) in [5.41, 5.74) is -0.230. The van der Waals surface area contributed by atoms with Crippen LogP contribution in [0.25, 0.3) is 0 Å². The van der Waals surface area contributed by atoms with E-state index in [1.54, 1.807) is 64.0 Å². The van der Waals surface area contributed by atoms with Crippen molar-refractivity contribution in [1.29, 1.82) is 0 Å². The minimum Gasteiger partial charge on any atom is -0.433 e. The standard InChI is InChI=1S/C63H108O22/c1-34(64)79-56-50(83-54-48(75-18)45(72-15)43(70-13)37(80-54)30-65-8)47(74-17)51(84-55-49(76-19)46(73-16)44(71-14)38(81-55)31-66-9)57(85-56)82-41-25-26-59(4)39(60(41,5)32-67-10)24-27-61(6)40(59)23-22-35-36-28-58(2,3)52(77-20)53(78-21)63(36,33-68-11)42(69-12)29-62(35,61)7/h22,36-57H,23-33H2,1-21H3/t36-,37+,38+,39+,40+,41-,42+,43+,44+,45-,46-,47-,48+,49+,50-,51+,52-,53-,54-,55-,56?,57+,59-,60+,61+,62+,63-/m0/s1. The van der Waals surface area contributed by atoms with Crippen molar-refractivity contribution in [2.75, 3.05) is 126 Å². The van der Waals surface area contributed by atoms with Crippen LogP contribution in [0.4, 0.5) is 0 Å². The summed E-state index contributed by atoms with van der Waals surface area (Å²) in [7, 11) is 23.1. The molecule has 27 atom stereocenters. The van der Waals surface area contributed by atoms with Crippen LogP contribution in [0.5, 0.6) is 0 Å². The van der Waals surface area contributed by atoms with E-state index in [1.165, 1.54) is 26.7 Å². The number of carbonyl (C=O) groups excluding carboxylic acids is 1. The van der Waals surface area contributed by atoms with Crippen LogP contribution in [-0.4, -0.2) is 249 Å². The smallest absolute Gasteiger partial charge is 0.305 e. The average Bonchev–Trinajstić information content (AvgIpc) is 0.736. The number of methoxy groups -OCH3 is 14. The van der Waals surface area contributed by atoms with Crippen molar-refractivity contribution in [2.45, 2.75) is 210 Å². The molecule has 3 aliphatic heterocycles. The maximum atomic E-state index is 13.4. The monoisotopic (exact) mass is 1220 g/mol. The van der Waals surface area contributed by atoms with Gasteiger partial charge in [0, 0.05) is 112 Å². The van der Waals surface area contributed by atoms with Crippen LogP contribution in [-0.2, 0) is 104 Å². The Hall–Kier alpha value is -1.59. The van der Waals surface area contributed by atoms with Gasteiger partial charge < -0.3 is 99.5 Å². The van der Waals surface area contributed by atoms with Gasteiger partial charge in [-0.05, 0) is 84.4 Å². The Morgan fingerprint density at radius 3 is 1.47 bits per heavy atom. The molecule has 5 aliphatic carbocycles. The van der Waals surface area contributed by atoms with Gasteiger partial charge in [0.2, 0.25) is 6.29 Å². The Balaban J connectivity index is 1.18. The Labute approximate surface area is 506 Å². The zero-order valence-corrected chi connectivity index (χ0v) is 55.0. The molecular formula is C63H108O22. The zero-order valence-electron chi connectivity index (χ0n) is 55.0. The predicted octanol–water partition coefficient (Wildman–Crippen LogP) is 6.18. The first-order valence-electron chi connectivity index (χ1n) is 30.6. The highest BCUT2D eigenvalue weighted by atomic mass is 16.8. The molecule has 22 heteroatoms. The van der Waals surface area contributed by atoms with Gasteiger partial charge in [-0.2, -0.15) is 0 Å². The van der Waals surface area contributed by atoms with Crippen molar-refractivity contribution in [3.05, 3.63) is 11.6 Å². The number of fused-ring (bicyclic) bond motifs is 7. The van der Waals surface area contributed by atoms with Gasteiger partial charge in [0.15, 0.2) is 25.0 Å². The highest BCUT2D eigenvalue weighted by Gasteiger charge is 2.74. The number of esters is 1. The molecule has 0 amide bonds. The van der Waals surface area contributed by atoms with Crippen molar-refractivity contribution in [2.24, 2.45) is 50.2 Å². The number of rotatable bonds is 25. The minimum absolute atomic E-state index is 0.115. The largest absolute Gasteiger partial charge is 0.433 e. The maximum absolute atomic E-state index is 13.4. The van der Waals surface area contributed by atoms with Gasteiger partial charge in [-0.3, -0.25) is 4.79 Å². The lowest BCUT2D eigenvalue weighted by atomic mass is 9.33. The van der Waals surface area contributed by atoms with E-state index in [1.807, 2.05) is 21.3 Å². The molecule has 85 heavy (non-hydrogen) atoms. The average molecular weight is 1220 g/mol. The fourth-order valence-electron chi connectivity index (χ4n) is 19.0. The number of hydrogen-bond donors (Lipinski definition) is 0. The molecule has 0 N–H and O–H groups in total. The second-order valence-corrected chi connectivity index (χ2v) is 27.0. The third-order valence-electron chi connectivity index (χ3n) is 22.8. The van der Waals surface area contributed by atoms with Gasteiger partial charge in [-0.1, -0.05) is 53.2 Å². The van der Waals surface area contributed by atoms with E-state index >= 15 is 0 Å². The SMILES string of the molecule is COC[C@H]1O[C@@H](O[C@H]2[C@H](O[C@H]3CC[C@@]4(C)[C@@H](CC[C@]5(C)[C@@H]4CC=C4[C@@H]6CC(C)(C)[C@@H](OC)[C@H](OC)[C@]6(COC)[C@H](OC)C[C@]45C)[C@@]3(C)COC)OC(OC(C)=O)[C@@H](O[C@@H]3O[C@H](COC)[C@@H](OC)[C@H](OC)[C@H]3OC)[C@@H]2OC)[C@H](OC)[C@@H](OC)[C@@H]1OC. The molecule has 492 valence electrons. The molecule has 4 saturated carbocycles. The molecule has 0 bridgehead atoms. The van der Waals surface area contributed by atoms with Crippen LogP contribution in [0.3, 0.4) is 0 Å². The van der Waals surface area contributed by atoms with Crippen LogP contribution >= 0.6 is 0 Å². The van der Waals surface area contributed by atoms with Gasteiger partial charge in [-0.15, -0.1) is 0 Å². The lowest BCUT2D eigenvalue weighted by Gasteiger charge is -2.73. The van der Waals surface area contributed by atoms with Crippen molar-refractivity contribution in [3.63, 3.8) is 0 Å². The molecule has 0 aromatic rings. The normalized spacial score (nSPS) is 47.8. The number of ether oxygens (including phenoxy) is 21. The Morgan fingerprint density at radius 2 is 1.00 bits per heavy atom. The second kappa shape index (κ2) is 28.1. The van der Waals surface area contributed by atoms with E-state index in [-0.39, 0.29) is 65.0 Å². The Kier molecular flexibility index (Phi) is 22.9. The third kappa shape index (κ3) is 11.8. The first-order valence-corrected chi connectivity index (χ1v) is 30.6. The summed E-state index contributed by atoms with van der Waals surface area (Å²) in [6, 6.07) is 0. The minimum atomic E-state index is -1.43. The molecule has 22 nitrogen and oxygen atoms in total. The van der Waals surface area contributed by atoms with Crippen LogP contribution in [0.1, 0.15) is 93.4 Å². The van der Waals surface area contributed by atoms with E-state index in [4.69, 9.17) is 99.5 Å². The Morgan fingerprint density at radius 1 is 0.494 bits per heavy atom. The molecular weight excluding hydrogens is 1110 g/mol. The molecule has 3 heterocycles. The van der Waals surface area contributed by atoms with Crippen LogP contribution in [0.15, 0.2) is 11.6 Å². The third-order valence-corrected chi connectivity index (χ3v) is 22.8. The number of carbonyl (C=O) groups is 1. The summed E-state index contributed by atoms with van der Waals surface area (Å²) in [5.74, 6) is -0.0806. The second-order valence-electron chi connectivity index (χ2n) is 27.0. The van der Waals surface area contributed by atoms with E-state index in [2.05, 4.69) is 47.6 Å². The summed E-state index contributed by atoms with van der Waals surface area (Å²) < 4.78 is 135. The molecule has 1 unspecified atom stereocenters. The number of hydrogen-bond acceptors (Lipinski definition) is 22. The number of allylic oxidation sites excluding steroid dienone is 2. The van der Waals surface area contributed by atoms with Gasteiger partial charge in [0.05, 0.1) is 56.3 Å². The van der Waals surface area contributed by atoms with Crippen molar-refractivity contribution >= 4 is 5.97 Å². The van der Waals surface area contributed by atoms with E-state index in [9.17, 15) is 4.79 Å². The summed E-state index contributed by atoms with van der Waals surface area (Å²) in [5, 5.41) is 0. The lowest BCUT2D eigenvalue weighted by molar-refractivity contribution is -0.418. The maximum Gasteiger partial charge on any atom is 0.305 e. The molecule has 0 radical (unpaired) electrons. The fourth-order valence-corrected chi connectivity index (χ4v) is 19.0. The molecule has 8 aliphatic rings. The van der Waals surface area contributed by atoms with E-state index < -0.39 is 115 Å². The summed E-state index contributed by atoms with van der Waals surface area (Å²) in [6.07, 6.45) is -6.54. The summed E-state index contributed by atoms with van der Waals surface area (Å²) in [4.78, 5) is 13.4. The van der Waals surface area contributed by atoms with Crippen LogP contribution in [0.2, 0.25) is 0 Å². The van der Waals surface area contributed by atoms with Crippen LogP contribution < -0.4 is 0 Å². The van der Waals surface area contributed by atoms with Crippen molar-refractivity contribution in [3.8, 4) is 0 Å². The quantitative estimate of drug-likeness (QED) is 0.0567. The van der Waals surface area contributed by atoms with Gasteiger partial charge in [0.25, 0.3) is 0 Å². The Bertz CT molecular complexity index is 2190. The topological polar surface area (TPSA) is 211 Å². The first-order chi connectivity index (χ1) is 40.5. The molecule has 8 rings (SSSR count). The summed E-state index contributed by atoms with van der Waals surface area (Å²) in [6.45, 7) is 17.0. The summed E-state index contributed by atoms with van der Waals surface area (Å²) >= 11 is 0.